The Morgan fingerprint density at radius 3 is 2.47 bits per heavy atom. The Bertz CT molecular complexity index is 734. The first-order chi connectivity index (χ1) is 9.17. The van der Waals surface area contributed by atoms with Crippen LogP contribution in [0, 0.1) is 0 Å². The van der Waals surface area contributed by atoms with Crippen molar-refractivity contribution in [2.24, 2.45) is 0 Å². The molecule has 0 aliphatic heterocycles. The molecular formula is C14H8Cl3NO. The molecule has 0 saturated heterocycles. The Labute approximate surface area is 124 Å². The monoisotopic (exact) mass is 311 g/mol. The first-order valence-electron chi connectivity index (χ1n) is 5.58. The van der Waals surface area contributed by atoms with Crippen molar-refractivity contribution in [3.8, 4) is 11.5 Å². The summed E-state index contributed by atoms with van der Waals surface area (Å²) in [6.07, 6.45) is 0. The van der Waals surface area contributed by atoms with Crippen LogP contribution in [0.2, 0.25) is 10.0 Å². The van der Waals surface area contributed by atoms with Gasteiger partial charge in [-0.05, 0) is 29.8 Å². The molecule has 0 spiro atoms. The molecule has 0 aliphatic carbocycles. The van der Waals surface area contributed by atoms with Crippen LogP contribution in [0.3, 0.4) is 0 Å². The number of aromatic nitrogens is 1. The zero-order chi connectivity index (χ0) is 13.4. The van der Waals surface area contributed by atoms with Crippen molar-refractivity contribution in [2.75, 3.05) is 0 Å². The number of fused-ring (bicyclic) bond motifs is 1. The summed E-state index contributed by atoms with van der Waals surface area (Å²) in [6.45, 7) is 0. The lowest BCUT2D eigenvalue weighted by Gasteiger charge is -1.97. The summed E-state index contributed by atoms with van der Waals surface area (Å²) < 4.78 is 5.68. The van der Waals surface area contributed by atoms with Crippen molar-refractivity contribution in [1.29, 1.82) is 0 Å². The number of halogens is 3. The van der Waals surface area contributed by atoms with Crippen LogP contribution in [-0.4, -0.2) is 4.98 Å². The first kappa shape index (κ1) is 12.8. The lowest BCUT2D eigenvalue weighted by atomic mass is 10.1. The maximum absolute atomic E-state index is 6.08. The third-order valence-electron chi connectivity index (χ3n) is 2.76. The van der Waals surface area contributed by atoms with Crippen LogP contribution in [0.4, 0.5) is 0 Å². The number of hydrogen-bond donors (Lipinski definition) is 0. The number of oxazole rings is 1. The summed E-state index contributed by atoms with van der Waals surface area (Å²) in [6, 6.07) is 11.1. The van der Waals surface area contributed by atoms with E-state index in [2.05, 4.69) is 4.98 Å². The smallest absolute Gasteiger partial charge is 0.227 e. The minimum absolute atomic E-state index is 0.457. The van der Waals surface area contributed by atoms with E-state index in [1.54, 1.807) is 12.1 Å². The van der Waals surface area contributed by atoms with Gasteiger partial charge in [0.2, 0.25) is 5.89 Å². The zero-order valence-electron chi connectivity index (χ0n) is 9.66. The Kier molecular flexibility index (Phi) is 3.40. The van der Waals surface area contributed by atoms with E-state index in [9.17, 15) is 0 Å². The number of nitrogens with zero attached hydrogens (tertiary/aromatic N) is 1. The van der Waals surface area contributed by atoms with Crippen LogP contribution >= 0.6 is 34.8 Å². The van der Waals surface area contributed by atoms with Gasteiger partial charge in [0, 0.05) is 16.5 Å². The largest absolute Gasteiger partial charge is 0.435 e. The molecule has 0 aliphatic rings. The van der Waals surface area contributed by atoms with Crippen molar-refractivity contribution >= 4 is 45.9 Å². The molecule has 0 bridgehead atoms. The van der Waals surface area contributed by atoms with Gasteiger partial charge in [0.05, 0.1) is 5.02 Å². The van der Waals surface area contributed by atoms with Crippen LogP contribution < -0.4 is 0 Å². The summed E-state index contributed by atoms with van der Waals surface area (Å²) in [5.41, 5.74) is 3.11. The second-order valence-corrected chi connectivity index (χ2v) is 5.20. The standard InChI is InChI=1S/C14H8Cl3NO/c15-7-8-1-3-9(4-2-8)14-18-12-6-10(16)5-11(17)13(12)19-14/h1-6H,7H2. The third kappa shape index (κ3) is 2.44. The maximum Gasteiger partial charge on any atom is 0.227 e. The Balaban J connectivity index is 2.12. The van der Waals surface area contributed by atoms with Crippen molar-refractivity contribution in [3.05, 3.63) is 52.0 Å². The zero-order valence-corrected chi connectivity index (χ0v) is 11.9. The second-order valence-electron chi connectivity index (χ2n) is 4.09. The number of alkyl halides is 1. The highest BCUT2D eigenvalue weighted by atomic mass is 35.5. The molecule has 0 radical (unpaired) electrons. The third-order valence-corrected chi connectivity index (χ3v) is 3.57. The van der Waals surface area contributed by atoms with Gasteiger partial charge in [0.1, 0.15) is 5.52 Å². The van der Waals surface area contributed by atoms with Crippen molar-refractivity contribution in [1.82, 2.24) is 4.98 Å². The highest BCUT2D eigenvalue weighted by molar-refractivity contribution is 6.38. The molecule has 0 saturated carbocycles. The molecule has 1 aromatic heterocycles. The van der Waals surface area contributed by atoms with E-state index in [0.29, 0.717) is 32.9 Å². The highest BCUT2D eigenvalue weighted by Crippen LogP contribution is 2.31. The van der Waals surface area contributed by atoms with E-state index in [1.165, 1.54) is 0 Å². The molecule has 5 heteroatoms. The summed E-state index contributed by atoms with van der Waals surface area (Å²) in [4.78, 5) is 4.39. The Hall–Kier alpha value is -1.22. The van der Waals surface area contributed by atoms with Crippen LogP contribution in [0.25, 0.3) is 22.6 Å². The fourth-order valence-corrected chi connectivity index (χ4v) is 2.52. The van der Waals surface area contributed by atoms with E-state index < -0.39 is 0 Å². The molecule has 0 unspecified atom stereocenters. The van der Waals surface area contributed by atoms with Gasteiger partial charge in [0.25, 0.3) is 0 Å². The average Bonchev–Trinajstić information content (AvgIpc) is 2.83. The molecule has 0 atom stereocenters. The van der Waals surface area contributed by atoms with Crippen molar-refractivity contribution < 1.29 is 4.42 Å². The molecule has 3 rings (SSSR count). The average molecular weight is 313 g/mol. The van der Waals surface area contributed by atoms with Crippen LogP contribution in [-0.2, 0) is 5.88 Å². The summed E-state index contributed by atoms with van der Waals surface area (Å²) in [7, 11) is 0. The van der Waals surface area contributed by atoms with Gasteiger partial charge < -0.3 is 4.42 Å². The minimum Gasteiger partial charge on any atom is -0.435 e. The minimum atomic E-state index is 0.457. The van der Waals surface area contributed by atoms with Gasteiger partial charge in [-0.2, -0.15) is 0 Å². The molecule has 2 aromatic carbocycles. The lowest BCUT2D eigenvalue weighted by molar-refractivity contribution is 0.620. The highest BCUT2D eigenvalue weighted by Gasteiger charge is 2.12. The van der Waals surface area contributed by atoms with Gasteiger partial charge in [-0.3, -0.25) is 0 Å². The van der Waals surface area contributed by atoms with Gasteiger partial charge in [-0.15, -0.1) is 11.6 Å². The van der Waals surface area contributed by atoms with E-state index in [-0.39, 0.29) is 0 Å². The maximum atomic E-state index is 6.08. The normalized spacial score (nSPS) is 11.1. The number of hydrogen-bond acceptors (Lipinski definition) is 2. The van der Waals surface area contributed by atoms with Crippen LogP contribution in [0.1, 0.15) is 5.56 Å². The van der Waals surface area contributed by atoms with Crippen LogP contribution in [0.5, 0.6) is 0 Å². The quantitative estimate of drug-likeness (QED) is 0.581. The molecule has 0 N–H and O–H groups in total. The van der Waals surface area contributed by atoms with Crippen LogP contribution in [0.15, 0.2) is 40.8 Å². The predicted octanol–water partition coefficient (Wildman–Crippen LogP) is 5.54. The van der Waals surface area contributed by atoms with Gasteiger partial charge in [-0.1, -0.05) is 35.3 Å². The SMILES string of the molecule is ClCc1ccc(-c2nc3cc(Cl)cc(Cl)c3o2)cc1. The van der Waals surface area contributed by atoms with E-state index in [4.69, 9.17) is 39.2 Å². The second kappa shape index (κ2) is 5.04. The molecule has 2 nitrogen and oxygen atoms in total. The first-order valence-corrected chi connectivity index (χ1v) is 6.87. The molecule has 19 heavy (non-hydrogen) atoms. The van der Waals surface area contributed by atoms with Gasteiger partial charge in [-0.25, -0.2) is 4.98 Å². The lowest BCUT2D eigenvalue weighted by Crippen LogP contribution is -1.80. The van der Waals surface area contributed by atoms with Gasteiger partial charge in [0.15, 0.2) is 5.58 Å². The topological polar surface area (TPSA) is 26.0 Å². The Morgan fingerprint density at radius 1 is 1.05 bits per heavy atom. The van der Waals surface area contributed by atoms with Gasteiger partial charge >= 0.3 is 0 Å². The molecule has 96 valence electrons. The summed E-state index contributed by atoms with van der Waals surface area (Å²) in [5.74, 6) is 0.996. The number of benzene rings is 2. The molecular weight excluding hydrogens is 305 g/mol. The molecule has 1 heterocycles. The molecule has 0 amide bonds. The van der Waals surface area contributed by atoms with Crippen molar-refractivity contribution in [2.45, 2.75) is 5.88 Å². The fraction of sp³-hybridized carbons (Fsp3) is 0.0714. The number of rotatable bonds is 2. The van der Waals surface area contributed by atoms with E-state index in [0.717, 1.165) is 11.1 Å². The fourth-order valence-electron chi connectivity index (χ4n) is 1.82. The Morgan fingerprint density at radius 2 is 1.79 bits per heavy atom. The molecule has 3 aromatic rings. The van der Waals surface area contributed by atoms with Crippen molar-refractivity contribution in [3.63, 3.8) is 0 Å². The summed E-state index contributed by atoms with van der Waals surface area (Å²) in [5, 5.41) is 0.994. The summed E-state index contributed by atoms with van der Waals surface area (Å²) >= 11 is 17.8. The molecule has 0 fully saturated rings. The predicted molar refractivity (Wildman–Crippen MR) is 79.0 cm³/mol. The van der Waals surface area contributed by atoms with E-state index in [1.807, 2.05) is 24.3 Å². The van der Waals surface area contributed by atoms with E-state index >= 15 is 0 Å².